The number of likely N-dealkylation sites (tertiary alicyclic amines) is 1. The van der Waals surface area contributed by atoms with Crippen LogP contribution < -0.4 is 0 Å². The molecule has 2 saturated heterocycles. The summed E-state index contributed by atoms with van der Waals surface area (Å²) < 4.78 is 33.1. The maximum atomic E-state index is 12.3. The molecule has 134 valence electrons. The first-order chi connectivity index (χ1) is 10.9. The van der Waals surface area contributed by atoms with Crippen LogP contribution in [0, 0.1) is 5.92 Å². The van der Waals surface area contributed by atoms with E-state index in [0.717, 1.165) is 25.4 Å². The number of hydrogen-bond acceptors (Lipinski definition) is 4. The second-order valence-electron chi connectivity index (χ2n) is 7.66. The Morgan fingerprint density at radius 3 is 2.30 bits per heavy atom. The highest BCUT2D eigenvalue weighted by molar-refractivity contribution is 7.86. The summed E-state index contributed by atoms with van der Waals surface area (Å²) in [6.07, 6.45) is 6.98. The van der Waals surface area contributed by atoms with Crippen LogP contribution in [0.25, 0.3) is 0 Å². The van der Waals surface area contributed by atoms with Crippen LogP contribution in [0.1, 0.15) is 38.5 Å². The van der Waals surface area contributed by atoms with Gasteiger partial charge in [0.1, 0.15) is 0 Å². The number of rotatable bonds is 6. The van der Waals surface area contributed by atoms with E-state index in [-0.39, 0.29) is 5.54 Å². The Balaban J connectivity index is 1.69. The summed E-state index contributed by atoms with van der Waals surface area (Å²) in [5, 5.41) is 0. The predicted molar refractivity (Wildman–Crippen MR) is 90.5 cm³/mol. The Kier molecular flexibility index (Phi) is 5.05. The lowest BCUT2D eigenvalue weighted by Crippen LogP contribution is -2.57. The van der Waals surface area contributed by atoms with Crippen molar-refractivity contribution in [3.05, 3.63) is 0 Å². The lowest BCUT2D eigenvalue weighted by Gasteiger charge is -2.46. The maximum absolute atomic E-state index is 12.3. The van der Waals surface area contributed by atoms with Crippen LogP contribution in [-0.2, 0) is 14.9 Å². The van der Waals surface area contributed by atoms with Gasteiger partial charge in [-0.3, -0.25) is 4.90 Å². The van der Waals surface area contributed by atoms with Crippen molar-refractivity contribution in [1.82, 2.24) is 13.5 Å². The standard InChI is InChI=1S/C16H31N3O3S/c1-17(2)23(20,21)18-10-8-16(9-11-18)7-6-15(13-22-3)19(16)12-14-4-5-14/h14-15H,4-13H2,1-3H3/t15-/m0/s1. The molecule has 0 aromatic rings. The van der Waals surface area contributed by atoms with Crippen molar-refractivity contribution in [1.29, 1.82) is 0 Å². The molecule has 0 amide bonds. The minimum Gasteiger partial charge on any atom is -0.383 e. The molecule has 3 aliphatic rings. The van der Waals surface area contributed by atoms with Crippen LogP contribution in [-0.4, -0.2) is 81.0 Å². The largest absolute Gasteiger partial charge is 0.383 e. The van der Waals surface area contributed by atoms with Gasteiger partial charge in [0.2, 0.25) is 0 Å². The highest BCUT2D eigenvalue weighted by atomic mass is 32.2. The molecule has 1 aliphatic carbocycles. The van der Waals surface area contributed by atoms with E-state index in [1.165, 1.54) is 36.5 Å². The molecule has 1 atom stereocenters. The fourth-order valence-corrected chi connectivity index (χ4v) is 5.42. The molecule has 1 saturated carbocycles. The van der Waals surface area contributed by atoms with E-state index in [9.17, 15) is 8.42 Å². The second-order valence-corrected chi connectivity index (χ2v) is 9.80. The molecule has 0 unspecified atom stereocenters. The molecule has 0 radical (unpaired) electrons. The van der Waals surface area contributed by atoms with E-state index >= 15 is 0 Å². The lowest BCUT2D eigenvalue weighted by molar-refractivity contribution is 0.0203. The van der Waals surface area contributed by atoms with Crippen molar-refractivity contribution < 1.29 is 13.2 Å². The van der Waals surface area contributed by atoms with Gasteiger partial charge in [0, 0.05) is 52.4 Å². The number of piperidine rings is 1. The first-order valence-corrected chi connectivity index (χ1v) is 10.2. The number of ether oxygens (including phenoxy) is 1. The Morgan fingerprint density at radius 2 is 1.78 bits per heavy atom. The van der Waals surface area contributed by atoms with Crippen molar-refractivity contribution in [2.24, 2.45) is 5.92 Å². The number of methoxy groups -OCH3 is 1. The third-order valence-electron chi connectivity index (χ3n) is 5.94. The Labute approximate surface area is 140 Å². The van der Waals surface area contributed by atoms with Gasteiger partial charge >= 0.3 is 0 Å². The molecule has 3 fully saturated rings. The topological polar surface area (TPSA) is 53.1 Å². The third kappa shape index (κ3) is 3.44. The van der Waals surface area contributed by atoms with Gasteiger partial charge in [0.15, 0.2) is 0 Å². The maximum Gasteiger partial charge on any atom is 0.281 e. The molecule has 7 heteroatoms. The molecule has 0 N–H and O–H groups in total. The Morgan fingerprint density at radius 1 is 1.13 bits per heavy atom. The van der Waals surface area contributed by atoms with Gasteiger partial charge in [0.05, 0.1) is 6.61 Å². The van der Waals surface area contributed by atoms with Gasteiger partial charge in [-0.15, -0.1) is 0 Å². The summed E-state index contributed by atoms with van der Waals surface area (Å²) in [4.78, 5) is 2.69. The zero-order chi connectivity index (χ0) is 16.7. The van der Waals surface area contributed by atoms with E-state index in [4.69, 9.17) is 4.74 Å². The Bertz CT molecular complexity index is 511. The summed E-state index contributed by atoms with van der Waals surface area (Å²) in [7, 11) is 1.74. The number of hydrogen-bond donors (Lipinski definition) is 0. The summed E-state index contributed by atoms with van der Waals surface area (Å²) >= 11 is 0. The molecule has 6 nitrogen and oxygen atoms in total. The molecule has 0 bridgehead atoms. The first-order valence-electron chi connectivity index (χ1n) is 8.82. The molecule has 23 heavy (non-hydrogen) atoms. The normalized spacial score (nSPS) is 29.7. The average Bonchev–Trinajstić information content (AvgIpc) is 3.28. The molecule has 0 aromatic carbocycles. The Hall–Kier alpha value is -0.210. The lowest BCUT2D eigenvalue weighted by atomic mass is 9.85. The quantitative estimate of drug-likeness (QED) is 0.725. The van der Waals surface area contributed by atoms with Crippen LogP contribution in [0.3, 0.4) is 0 Å². The monoisotopic (exact) mass is 345 g/mol. The molecular weight excluding hydrogens is 314 g/mol. The zero-order valence-corrected chi connectivity index (χ0v) is 15.5. The van der Waals surface area contributed by atoms with Crippen molar-refractivity contribution in [3.63, 3.8) is 0 Å². The van der Waals surface area contributed by atoms with Crippen LogP contribution in [0.15, 0.2) is 0 Å². The van der Waals surface area contributed by atoms with Crippen LogP contribution in [0.2, 0.25) is 0 Å². The van der Waals surface area contributed by atoms with Crippen LogP contribution >= 0.6 is 0 Å². The van der Waals surface area contributed by atoms with Crippen molar-refractivity contribution in [2.45, 2.75) is 50.1 Å². The fourth-order valence-electron chi connectivity index (χ4n) is 4.31. The second kappa shape index (κ2) is 6.59. The summed E-state index contributed by atoms with van der Waals surface area (Å²) in [6, 6.07) is 0.512. The summed E-state index contributed by atoms with van der Waals surface area (Å²) in [6.45, 7) is 3.26. The van der Waals surface area contributed by atoms with Crippen LogP contribution in [0.4, 0.5) is 0 Å². The van der Waals surface area contributed by atoms with Gasteiger partial charge < -0.3 is 4.74 Å². The highest BCUT2D eigenvalue weighted by Crippen LogP contribution is 2.45. The first kappa shape index (κ1) is 17.6. The van der Waals surface area contributed by atoms with E-state index in [0.29, 0.717) is 19.1 Å². The smallest absolute Gasteiger partial charge is 0.281 e. The third-order valence-corrected chi connectivity index (χ3v) is 7.89. The van der Waals surface area contributed by atoms with Gasteiger partial charge in [-0.1, -0.05) is 0 Å². The highest BCUT2D eigenvalue weighted by Gasteiger charge is 2.50. The van der Waals surface area contributed by atoms with Crippen LogP contribution in [0.5, 0.6) is 0 Å². The van der Waals surface area contributed by atoms with E-state index in [1.807, 2.05) is 0 Å². The molecule has 3 rings (SSSR count). The number of nitrogens with zero attached hydrogens (tertiary/aromatic N) is 3. The summed E-state index contributed by atoms with van der Waals surface area (Å²) in [5.41, 5.74) is 0.199. The van der Waals surface area contributed by atoms with Crippen molar-refractivity contribution in [3.8, 4) is 0 Å². The molecule has 2 heterocycles. The molecule has 0 aromatic heterocycles. The van der Waals surface area contributed by atoms with Crippen molar-refractivity contribution in [2.75, 3.05) is 47.4 Å². The summed E-state index contributed by atoms with van der Waals surface area (Å²) in [5.74, 6) is 0.855. The zero-order valence-electron chi connectivity index (χ0n) is 14.7. The predicted octanol–water partition coefficient (Wildman–Crippen LogP) is 1.15. The minimum atomic E-state index is -3.27. The van der Waals surface area contributed by atoms with Gasteiger partial charge in [-0.2, -0.15) is 17.0 Å². The van der Waals surface area contributed by atoms with Gasteiger partial charge in [-0.25, -0.2) is 0 Å². The average molecular weight is 346 g/mol. The SMILES string of the molecule is COC[C@@H]1CCC2(CCN(S(=O)(=O)N(C)C)CC2)N1CC1CC1. The molecular formula is C16H31N3O3S. The minimum absolute atomic E-state index is 0.199. The van der Waals surface area contributed by atoms with Gasteiger partial charge in [0.25, 0.3) is 10.2 Å². The van der Waals surface area contributed by atoms with Crippen molar-refractivity contribution >= 4 is 10.2 Å². The van der Waals surface area contributed by atoms with E-state index < -0.39 is 10.2 Å². The fraction of sp³-hybridized carbons (Fsp3) is 1.00. The molecule has 2 aliphatic heterocycles. The molecule has 1 spiro atoms. The van der Waals surface area contributed by atoms with Gasteiger partial charge in [-0.05, 0) is 44.4 Å². The van der Waals surface area contributed by atoms with E-state index in [1.54, 1.807) is 25.5 Å². The van der Waals surface area contributed by atoms with E-state index in [2.05, 4.69) is 4.90 Å².